The number of hydrogen-bond donors (Lipinski definition) is 3. The zero-order valence-corrected chi connectivity index (χ0v) is 14.7. The largest absolute Gasteiger partial charge is 0.480 e. The van der Waals surface area contributed by atoms with Crippen molar-refractivity contribution in [2.24, 2.45) is 0 Å². The minimum Gasteiger partial charge on any atom is -0.480 e. The second-order valence-corrected chi connectivity index (χ2v) is 6.20. The summed E-state index contributed by atoms with van der Waals surface area (Å²) in [5.74, 6) is -1.17. The summed E-state index contributed by atoms with van der Waals surface area (Å²) in [5, 5.41) is 15.0. The SMILES string of the molecule is CCC(CC)(NCC(=O)Nc1ccc(I)cc1C)C(=O)O. The van der Waals surface area contributed by atoms with Crippen LogP contribution in [0.15, 0.2) is 18.2 Å². The Morgan fingerprint density at radius 2 is 1.90 bits per heavy atom. The fourth-order valence-electron chi connectivity index (χ4n) is 2.09. The van der Waals surface area contributed by atoms with E-state index in [1.807, 2.05) is 25.1 Å². The number of carbonyl (C=O) groups is 2. The van der Waals surface area contributed by atoms with Crippen molar-refractivity contribution in [3.05, 3.63) is 27.3 Å². The second-order valence-electron chi connectivity index (χ2n) is 4.96. The van der Waals surface area contributed by atoms with Crippen LogP contribution in [0.5, 0.6) is 0 Å². The lowest BCUT2D eigenvalue weighted by Gasteiger charge is -2.27. The van der Waals surface area contributed by atoms with E-state index in [1.54, 1.807) is 13.8 Å². The summed E-state index contributed by atoms with van der Waals surface area (Å²) in [7, 11) is 0. The van der Waals surface area contributed by atoms with Crippen molar-refractivity contribution in [1.29, 1.82) is 0 Å². The number of carbonyl (C=O) groups excluding carboxylic acids is 1. The van der Waals surface area contributed by atoms with Gasteiger partial charge in [0.2, 0.25) is 5.91 Å². The molecule has 0 saturated carbocycles. The molecule has 0 aliphatic rings. The standard InChI is InChI=1S/C15H21IN2O3/c1-4-15(5-2,14(20)21)17-9-13(19)18-12-7-6-11(16)8-10(12)3/h6-8,17H,4-5,9H2,1-3H3,(H,18,19)(H,20,21). The maximum atomic E-state index is 12.0. The lowest BCUT2D eigenvalue weighted by Crippen LogP contribution is -2.53. The fourth-order valence-corrected chi connectivity index (χ4v) is 2.74. The average molecular weight is 404 g/mol. The van der Waals surface area contributed by atoms with E-state index in [2.05, 4.69) is 33.2 Å². The van der Waals surface area contributed by atoms with Crippen LogP contribution in [0.25, 0.3) is 0 Å². The van der Waals surface area contributed by atoms with E-state index >= 15 is 0 Å². The normalized spacial score (nSPS) is 11.2. The van der Waals surface area contributed by atoms with Crippen molar-refractivity contribution >= 4 is 40.2 Å². The van der Waals surface area contributed by atoms with Gasteiger partial charge in [-0.3, -0.25) is 14.9 Å². The van der Waals surface area contributed by atoms with Crippen molar-refractivity contribution in [3.8, 4) is 0 Å². The molecule has 116 valence electrons. The van der Waals surface area contributed by atoms with Gasteiger partial charge in [0.15, 0.2) is 0 Å². The minimum absolute atomic E-state index is 0.0284. The predicted molar refractivity (Wildman–Crippen MR) is 91.5 cm³/mol. The molecule has 0 aliphatic heterocycles. The first-order valence-electron chi connectivity index (χ1n) is 6.89. The average Bonchev–Trinajstić information content (AvgIpc) is 2.43. The zero-order chi connectivity index (χ0) is 16.0. The highest BCUT2D eigenvalue weighted by atomic mass is 127. The number of carboxylic acid groups (broad SMARTS) is 1. The molecule has 0 atom stereocenters. The summed E-state index contributed by atoms with van der Waals surface area (Å²) in [4.78, 5) is 23.3. The van der Waals surface area contributed by atoms with Crippen LogP contribution in [0.1, 0.15) is 32.3 Å². The number of halogens is 1. The number of anilines is 1. The molecule has 0 saturated heterocycles. The molecular formula is C15H21IN2O3. The van der Waals surface area contributed by atoms with E-state index in [0.717, 1.165) is 14.8 Å². The number of amides is 1. The van der Waals surface area contributed by atoms with Gasteiger partial charge in [-0.05, 0) is 66.1 Å². The first kappa shape index (κ1) is 17.9. The molecule has 0 aliphatic carbocycles. The van der Waals surface area contributed by atoms with Crippen LogP contribution in [0.4, 0.5) is 5.69 Å². The summed E-state index contributed by atoms with van der Waals surface area (Å²) < 4.78 is 1.10. The fraction of sp³-hybridized carbons (Fsp3) is 0.467. The highest BCUT2D eigenvalue weighted by molar-refractivity contribution is 14.1. The van der Waals surface area contributed by atoms with Crippen molar-refractivity contribution in [2.75, 3.05) is 11.9 Å². The van der Waals surface area contributed by atoms with E-state index in [4.69, 9.17) is 0 Å². The topological polar surface area (TPSA) is 78.4 Å². The quantitative estimate of drug-likeness (QED) is 0.611. The predicted octanol–water partition coefficient (Wildman–Crippen LogP) is 2.77. The third kappa shape index (κ3) is 4.67. The molecule has 5 nitrogen and oxygen atoms in total. The smallest absolute Gasteiger partial charge is 0.323 e. The first-order valence-corrected chi connectivity index (χ1v) is 7.97. The van der Waals surface area contributed by atoms with E-state index in [1.165, 1.54) is 0 Å². The van der Waals surface area contributed by atoms with Crippen LogP contribution >= 0.6 is 22.6 Å². The number of aryl methyl sites for hydroxylation is 1. The van der Waals surface area contributed by atoms with Gasteiger partial charge in [0.1, 0.15) is 5.54 Å². The van der Waals surface area contributed by atoms with Crippen molar-refractivity contribution in [2.45, 2.75) is 39.2 Å². The monoisotopic (exact) mass is 404 g/mol. The molecule has 1 aromatic carbocycles. The van der Waals surface area contributed by atoms with Gasteiger partial charge in [0, 0.05) is 9.26 Å². The van der Waals surface area contributed by atoms with Gasteiger partial charge in [-0.2, -0.15) is 0 Å². The minimum atomic E-state index is -1.04. The van der Waals surface area contributed by atoms with Gasteiger partial charge in [0.25, 0.3) is 0 Å². The molecule has 0 fully saturated rings. The number of nitrogens with one attached hydrogen (secondary N) is 2. The number of rotatable bonds is 7. The molecule has 0 unspecified atom stereocenters. The lowest BCUT2D eigenvalue weighted by atomic mass is 9.93. The Balaban J connectivity index is 2.67. The maximum Gasteiger partial charge on any atom is 0.323 e. The number of aliphatic carboxylic acids is 1. The third-order valence-corrected chi connectivity index (χ3v) is 4.34. The van der Waals surface area contributed by atoms with Crippen LogP contribution in [0.2, 0.25) is 0 Å². The van der Waals surface area contributed by atoms with Gasteiger partial charge in [-0.25, -0.2) is 0 Å². The summed E-state index contributed by atoms with van der Waals surface area (Å²) in [6.07, 6.45) is 0.851. The Morgan fingerprint density at radius 1 is 1.29 bits per heavy atom. The molecule has 3 N–H and O–H groups in total. The van der Waals surface area contributed by atoms with Gasteiger partial charge in [-0.1, -0.05) is 13.8 Å². The molecule has 1 rings (SSSR count). The molecule has 0 heterocycles. The van der Waals surface area contributed by atoms with E-state index in [-0.39, 0.29) is 12.5 Å². The molecule has 0 spiro atoms. The van der Waals surface area contributed by atoms with Crippen LogP contribution in [0.3, 0.4) is 0 Å². The van der Waals surface area contributed by atoms with Crippen LogP contribution in [-0.4, -0.2) is 29.1 Å². The van der Waals surface area contributed by atoms with Gasteiger partial charge < -0.3 is 10.4 Å². The molecule has 1 amide bonds. The van der Waals surface area contributed by atoms with Crippen LogP contribution in [-0.2, 0) is 9.59 Å². The molecule has 0 aromatic heterocycles. The van der Waals surface area contributed by atoms with Crippen LogP contribution in [0, 0.1) is 10.5 Å². The van der Waals surface area contributed by atoms with E-state index in [0.29, 0.717) is 12.8 Å². The summed E-state index contributed by atoms with van der Waals surface area (Å²) in [6.45, 7) is 5.49. The Labute approximate surface area is 138 Å². The van der Waals surface area contributed by atoms with Gasteiger partial charge in [-0.15, -0.1) is 0 Å². The lowest BCUT2D eigenvalue weighted by molar-refractivity contribution is -0.145. The Kier molecular flexibility index (Phi) is 6.60. The molecular weight excluding hydrogens is 383 g/mol. The highest BCUT2D eigenvalue weighted by Crippen LogP contribution is 2.18. The van der Waals surface area contributed by atoms with E-state index < -0.39 is 11.5 Å². The second kappa shape index (κ2) is 7.74. The molecule has 1 aromatic rings. The summed E-state index contributed by atoms with van der Waals surface area (Å²) >= 11 is 2.21. The number of carboxylic acids is 1. The maximum absolute atomic E-state index is 12.0. The summed E-state index contributed by atoms with van der Waals surface area (Å²) in [5.41, 5.74) is 0.681. The zero-order valence-electron chi connectivity index (χ0n) is 12.5. The van der Waals surface area contributed by atoms with Crippen molar-refractivity contribution in [1.82, 2.24) is 5.32 Å². The highest BCUT2D eigenvalue weighted by Gasteiger charge is 2.34. The Bertz CT molecular complexity index is 528. The van der Waals surface area contributed by atoms with Crippen molar-refractivity contribution < 1.29 is 14.7 Å². The van der Waals surface area contributed by atoms with Crippen molar-refractivity contribution in [3.63, 3.8) is 0 Å². The molecule has 6 heteroatoms. The molecule has 21 heavy (non-hydrogen) atoms. The van der Waals surface area contributed by atoms with Gasteiger partial charge >= 0.3 is 5.97 Å². The Hall–Kier alpha value is -1.15. The number of hydrogen-bond acceptors (Lipinski definition) is 3. The molecule has 0 radical (unpaired) electrons. The Morgan fingerprint density at radius 3 is 2.38 bits per heavy atom. The van der Waals surface area contributed by atoms with Crippen LogP contribution < -0.4 is 10.6 Å². The van der Waals surface area contributed by atoms with Gasteiger partial charge in [0.05, 0.1) is 6.54 Å². The summed E-state index contributed by atoms with van der Waals surface area (Å²) in [6, 6.07) is 5.73. The van der Waals surface area contributed by atoms with E-state index in [9.17, 15) is 14.7 Å². The third-order valence-electron chi connectivity index (χ3n) is 3.67. The molecule has 0 bridgehead atoms. The first-order chi connectivity index (χ1) is 9.84. The number of benzene rings is 1.